The van der Waals surface area contributed by atoms with Crippen molar-refractivity contribution in [1.82, 2.24) is 4.90 Å². The van der Waals surface area contributed by atoms with Crippen molar-refractivity contribution in [3.8, 4) is 0 Å². The molecule has 0 radical (unpaired) electrons. The fraction of sp³-hybridized carbons (Fsp3) is 0.286. The first kappa shape index (κ1) is 21.5. The van der Waals surface area contributed by atoms with Gasteiger partial charge in [0.25, 0.3) is 10.0 Å². The summed E-state index contributed by atoms with van der Waals surface area (Å²) >= 11 is 0. The van der Waals surface area contributed by atoms with Crippen molar-refractivity contribution in [2.75, 3.05) is 36.3 Å². The quantitative estimate of drug-likeness (QED) is 0.654. The second-order valence-corrected chi connectivity index (χ2v) is 8.52. The highest BCUT2D eigenvalue weighted by Gasteiger charge is 2.21. The monoisotopic (exact) mass is 401 g/mol. The maximum atomic E-state index is 12.9. The molecule has 7 heteroatoms. The average Bonchev–Trinajstić information content (AvgIpc) is 2.70. The summed E-state index contributed by atoms with van der Waals surface area (Å²) in [5.41, 5.74) is 2.06. The van der Waals surface area contributed by atoms with Crippen molar-refractivity contribution in [3.05, 3.63) is 66.7 Å². The molecule has 2 aromatic rings. The fourth-order valence-electron chi connectivity index (χ4n) is 2.69. The van der Waals surface area contributed by atoms with Gasteiger partial charge in [0.15, 0.2) is 0 Å². The Kier molecular flexibility index (Phi) is 7.23. The first-order valence-corrected chi connectivity index (χ1v) is 10.5. The molecule has 150 valence electrons. The van der Waals surface area contributed by atoms with Gasteiger partial charge < -0.3 is 10.2 Å². The molecule has 28 heavy (non-hydrogen) atoms. The van der Waals surface area contributed by atoms with Crippen LogP contribution in [0.4, 0.5) is 11.4 Å². The molecule has 0 saturated carbocycles. The van der Waals surface area contributed by atoms with Crippen LogP contribution in [0.25, 0.3) is 0 Å². The van der Waals surface area contributed by atoms with Crippen molar-refractivity contribution in [3.63, 3.8) is 0 Å². The number of rotatable bonds is 9. The normalized spacial score (nSPS) is 11.0. The topological polar surface area (TPSA) is 69.7 Å². The maximum absolute atomic E-state index is 12.9. The van der Waals surface area contributed by atoms with Gasteiger partial charge in [0.2, 0.25) is 5.91 Å². The number of amides is 1. The third-order valence-electron chi connectivity index (χ3n) is 4.25. The number of hydrogen-bond donors (Lipinski definition) is 1. The minimum atomic E-state index is -3.70. The molecular formula is C21H27N3O3S. The molecule has 0 unspecified atom stereocenters. The minimum absolute atomic E-state index is 0.0693. The Morgan fingerprint density at radius 3 is 2.39 bits per heavy atom. The number of para-hydroxylation sites is 1. The summed E-state index contributed by atoms with van der Waals surface area (Å²) in [6.45, 7) is 8.80. The molecular weight excluding hydrogens is 374 g/mol. The summed E-state index contributed by atoms with van der Waals surface area (Å²) < 4.78 is 27.1. The number of benzene rings is 2. The van der Waals surface area contributed by atoms with Gasteiger partial charge in [0, 0.05) is 25.8 Å². The lowest BCUT2D eigenvalue weighted by Gasteiger charge is -2.22. The van der Waals surface area contributed by atoms with E-state index in [4.69, 9.17) is 0 Å². The van der Waals surface area contributed by atoms with Crippen LogP contribution in [0.2, 0.25) is 0 Å². The molecule has 0 fully saturated rings. The van der Waals surface area contributed by atoms with E-state index in [-0.39, 0.29) is 17.3 Å². The molecule has 0 heterocycles. The third kappa shape index (κ3) is 5.36. The van der Waals surface area contributed by atoms with Crippen molar-refractivity contribution < 1.29 is 13.2 Å². The highest BCUT2D eigenvalue weighted by atomic mass is 32.2. The van der Waals surface area contributed by atoms with E-state index in [0.717, 1.165) is 5.57 Å². The molecule has 0 aliphatic rings. The summed E-state index contributed by atoms with van der Waals surface area (Å²) in [5.74, 6) is -0.0693. The smallest absolute Gasteiger partial charge is 0.264 e. The van der Waals surface area contributed by atoms with Gasteiger partial charge in [0.05, 0.1) is 17.1 Å². The Morgan fingerprint density at radius 2 is 1.79 bits per heavy atom. The molecule has 1 N–H and O–H groups in total. The van der Waals surface area contributed by atoms with Crippen LogP contribution in [0.1, 0.15) is 13.8 Å². The van der Waals surface area contributed by atoms with Crippen LogP contribution in [0.15, 0.2) is 71.6 Å². The van der Waals surface area contributed by atoms with E-state index >= 15 is 0 Å². The van der Waals surface area contributed by atoms with Gasteiger partial charge >= 0.3 is 0 Å². The van der Waals surface area contributed by atoms with E-state index in [9.17, 15) is 13.2 Å². The lowest BCUT2D eigenvalue weighted by molar-refractivity contribution is -0.128. The number of hydrogen-bond acceptors (Lipinski definition) is 4. The van der Waals surface area contributed by atoms with Gasteiger partial charge in [-0.15, -0.1) is 0 Å². The largest absolute Gasteiger partial charge is 0.376 e. The molecule has 0 spiro atoms. The predicted octanol–water partition coefficient (Wildman–Crippen LogP) is 3.35. The Bertz CT molecular complexity index is 927. The fourth-order valence-corrected chi connectivity index (χ4v) is 3.93. The first-order valence-electron chi connectivity index (χ1n) is 9.05. The summed E-state index contributed by atoms with van der Waals surface area (Å²) in [6, 6.07) is 15.4. The van der Waals surface area contributed by atoms with Gasteiger partial charge in [-0.2, -0.15) is 0 Å². The standard InChI is InChI=1S/C21H27N3O3S/c1-5-24(16-17(2)3)21(25)15-22-18-10-9-13-20(14-18)28(26,27)23(4)19-11-7-6-8-12-19/h6-14,22H,2,5,15-16H2,1,3-4H3. The Balaban J connectivity index is 2.13. The number of carbonyl (C=O) groups excluding carboxylic acids is 1. The van der Waals surface area contributed by atoms with E-state index in [1.165, 1.54) is 17.4 Å². The van der Waals surface area contributed by atoms with Crippen molar-refractivity contribution >= 4 is 27.3 Å². The van der Waals surface area contributed by atoms with Gasteiger partial charge in [0.1, 0.15) is 0 Å². The molecule has 0 atom stereocenters. The summed E-state index contributed by atoms with van der Waals surface area (Å²) in [6.07, 6.45) is 0. The number of sulfonamides is 1. The molecule has 2 aromatic carbocycles. The maximum Gasteiger partial charge on any atom is 0.264 e. The van der Waals surface area contributed by atoms with Gasteiger partial charge in [-0.1, -0.05) is 36.4 Å². The number of anilines is 2. The van der Waals surface area contributed by atoms with Gasteiger partial charge in [-0.3, -0.25) is 9.10 Å². The number of likely N-dealkylation sites (N-methyl/N-ethyl adjacent to an activating group) is 1. The zero-order valence-corrected chi connectivity index (χ0v) is 17.4. The zero-order valence-electron chi connectivity index (χ0n) is 16.6. The average molecular weight is 402 g/mol. The lowest BCUT2D eigenvalue weighted by Crippen LogP contribution is -2.36. The van der Waals surface area contributed by atoms with Crippen LogP contribution in [0.3, 0.4) is 0 Å². The molecule has 0 aliphatic heterocycles. The SMILES string of the molecule is C=C(C)CN(CC)C(=O)CNc1cccc(S(=O)(=O)N(C)c2ccccc2)c1. The summed E-state index contributed by atoms with van der Waals surface area (Å²) in [7, 11) is -2.18. The van der Waals surface area contributed by atoms with Crippen molar-refractivity contribution in [2.24, 2.45) is 0 Å². The summed E-state index contributed by atoms with van der Waals surface area (Å²) in [5, 5.41) is 3.02. The Labute approximate surface area is 167 Å². The third-order valence-corrected chi connectivity index (χ3v) is 6.03. The van der Waals surface area contributed by atoms with Crippen LogP contribution in [0.5, 0.6) is 0 Å². The molecule has 0 saturated heterocycles. The second-order valence-electron chi connectivity index (χ2n) is 6.55. The molecule has 2 rings (SSSR count). The van der Waals surface area contributed by atoms with E-state index in [0.29, 0.717) is 24.5 Å². The number of nitrogens with one attached hydrogen (secondary N) is 1. The van der Waals surface area contributed by atoms with E-state index in [1.807, 2.05) is 19.9 Å². The second kappa shape index (κ2) is 9.41. The molecule has 0 aliphatic carbocycles. The molecule has 1 amide bonds. The van der Waals surface area contributed by atoms with Crippen LogP contribution in [0, 0.1) is 0 Å². The van der Waals surface area contributed by atoms with Crippen LogP contribution >= 0.6 is 0 Å². The lowest BCUT2D eigenvalue weighted by atomic mass is 10.3. The molecule has 6 nitrogen and oxygen atoms in total. The van der Waals surface area contributed by atoms with Crippen LogP contribution in [-0.4, -0.2) is 45.9 Å². The first-order chi connectivity index (χ1) is 13.3. The molecule has 0 bridgehead atoms. The highest BCUT2D eigenvalue weighted by Crippen LogP contribution is 2.23. The van der Waals surface area contributed by atoms with E-state index in [1.54, 1.807) is 47.4 Å². The minimum Gasteiger partial charge on any atom is -0.376 e. The predicted molar refractivity (Wildman–Crippen MR) is 114 cm³/mol. The Hall–Kier alpha value is -2.80. The van der Waals surface area contributed by atoms with Gasteiger partial charge in [-0.25, -0.2) is 8.42 Å². The van der Waals surface area contributed by atoms with E-state index < -0.39 is 10.0 Å². The number of nitrogens with zero attached hydrogens (tertiary/aromatic N) is 2. The van der Waals surface area contributed by atoms with Gasteiger partial charge in [-0.05, 0) is 44.2 Å². The molecule has 0 aromatic heterocycles. The zero-order chi connectivity index (χ0) is 20.7. The van der Waals surface area contributed by atoms with E-state index in [2.05, 4.69) is 11.9 Å². The van der Waals surface area contributed by atoms with Crippen molar-refractivity contribution in [1.29, 1.82) is 0 Å². The van der Waals surface area contributed by atoms with Crippen LogP contribution < -0.4 is 9.62 Å². The Morgan fingerprint density at radius 1 is 1.11 bits per heavy atom. The van der Waals surface area contributed by atoms with Crippen molar-refractivity contribution in [2.45, 2.75) is 18.7 Å². The van der Waals surface area contributed by atoms with Crippen LogP contribution in [-0.2, 0) is 14.8 Å². The number of carbonyl (C=O) groups is 1. The highest BCUT2D eigenvalue weighted by molar-refractivity contribution is 7.92. The summed E-state index contributed by atoms with van der Waals surface area (Å²) in [4.78, 5) is 14.2.